The topological polar surface area (TPSA) is 55.2 Å². The summed E-state index contributed by atoms with van der Waals surface area (Å²) in [7, 11) is 0. The Labute approximate surface area is 249 Å². The van der Waals surface area contributed by atoms with Gasteiger partial charge in [-0.25, -0.2) is 9.37 Å². The Morgan fingerprint density at radius 2 is 1.66 bits per heavy atom. The molecule has 8 heteroatoms. The van der Waals surface area contributed by atoms with Crippen LogP contribution in [0.1, 0.15) is 74.1 Å². The fraction of sp³-hybridized carbons (Fsp3) is 0.364. The summed E-state index contributed by atoms with van der Waals surface area (Å²) < 4.78 is 17.8. The monoisotopic (exact) mass is 591 g/mol. The smallest absolute Gasteiger partial charge is 0.265 e. The molecule has 5 nitrogen and oxygen atoms in total. The number of nitrogens with zero attached hydrogens (tertiary/aromatic N) is 3. The lowest BCUT2D eigenvalue weighted by Crippen LogP contribution is -2.40. The first-order valence-electron chi connectivity index (χ1n) is 14.3. The van der Waals surface area contributed by atoms with E-state index in [1.807, 2.05) is 49.6 Å². The third-order valence-electron chi connectivity index (χ3n) is 7.70. The number of pyridine rings is 1. The fourth-order valence-electron chi connectivity index (χ4n) is 5.65. The standard InChI is InChI=1S/C33H35ClFN3O2S/c1-5-21-11-10-12-22(6-2)28(21)38-29(33(3,4)35)25(31(39)37-17-8-7-9-18-37)19-26(32(38)40)30-36-27(20-41-30)23-13-15-24(34)16-14-23/h10-16,19-20H,5-9,17-18H2,1-4H3. The second kappa shape index (κ2) is 11.9. The van der Waals surface area contributed by atoms with Crippen molar-refractivity contribution in [3.63, 3.8) is 0 Å². The highest BCUT2D eigenvalue weighted by atomic mass is 35.5. The third kappa shape index (κ3) is 5.75. The number of aryl methyl sites for hydroxylation is 2. The Morgan fingerprint density at radius 1 is 1.02 bits per heavy atom. The van der Waals surface area contributed by atoms with E-state index in [-0.39, 0.29) is 28.3 Å². The van der Waals surface area contributed by atoms with Crippen molar-refractivity contribution < 1.29 is 9.18 Å². The number of carbonyl (C=O) groups excluding carboxylic acids is 1. The second-order valence-electron chi connectivity index (χ2n) is 11.0. The van der Waals surface area contributed by atoms with Gasteiger partial charge in [-0.2, -0.15) is 0 Å². The number of halogens is 2. The minimum Gasteiger partial charge on any atom is -0.339 e. The molecule has 0 atom stereocenters. The molecule has 2 aromatic carbocycles. The molecule has 214 valence electrons. The average molecular weight is 592 g/mol. The summed E-state index contributed by atoms with van der Waals surface area (Å²) in [4.78, 5) is 35.3. The van der Waals surface area contributed by atoms with Gasteiger partial charge in [-0.15, -0.1) is 11.3 Å². The van der Waals surface area contributed by atoms with E-state index in [1.165, 1.54) is 29.8 Å². The molecule has 0 spiro atoms. The lowest BCUT2D eigenvalue weighted by atomic mass is 9.94. The molecule has 0 aliphatic carbocycles. The van der Waals surface area contributed by atoms with Crippen LogP contribution in [0, 0.1) is 0 Å². The van der Waals surface area contributed by atoms with E-state index in [9.17, 15) is 9.59 Å². The van der Waals surface area contributed by atoms with Crippen molar-refractivity contribution in [2.75, 3.05) is 13.1 Å². The van der Waals surface area contributed by atoms with E-state index < -0.39 is 5.67 Å². The number of alkyl halides is 1. The van der Waals surface area contributed by atoms with Gasteiger partial charge in [0.05, 0.1) is 28.2 Å². The molecule has 0 unspecified atom stereocenters. The molecule has 1 aliphatic heterocycles. The van der Waals surface area contributed by atoms with Gasteiger partial charge in [-0.1, -0.05) is 55.8 Å². The van der Waals surface area contributed by atoms with Gasteiger partial charge in [0.15, 0.2) is 0 Å². The highest BCUT2D eigenvalue weighted by Gasteiger charge is 2.35. The highest BCUT2D eigenvalue weighted by molar-refractivity contribution is 7.13. The van der Waals surface area contributed by atoms with Crippen LogP contribution in [0.25, 0.3) is 27.5 Å². The van der Waals surface area contributed by atoms with Gasteiger partial charge in [-0.05, 0) is 75.3 Å². The fourth-order valence-corrected chi connectivity index (χ4v) is 6.62. The Morgan fingerprint density at radius 3 is 2.24 bits per heavy atom. The molecule has 1 fully saturated rings. The van der Waals surface area contributed by atoms with Crippen molar-refractivity contribution in [1.82, 2.24) is 14.5 Å². The number of benzene rings is 2. The summed E-state index contributed by atoms with van der Waals surface area (Å²) in [6.45, 7) is 8.12. The van der Waals surface area contributed by atoms with Crippen molar-refractivity contribution >= 4 is 28.8 Å². The quantitative estimate of drug-likeness (QED) is 0.217. The maximum atomic E-state index is 16.3. The summed E-state index contributed by atoms with van der Waals surface area (Å²) in [5, 5.41) is 2.99. The van der Waals surface area contributed by atoms with Crippen LogP contribution in [0.5, 0.6) is 0 Å². The van der Waals surface area contributed by atoms with E-state index in [0.29, 0.717) is 47.3 Å². The van der Waals surface area contributed by atoms with Crippen LogP contribution in [0.2, 0.25) is 5.02 Å². The Hall–Kier alpha value is -3.29. The number of hydrogen-bond donors (Lipinski definition) is 0. The highest BCUT2D eigenvalue weighted by Crippen LogP contribution is 2.36. The molecule has 3 heterocycles. The number of carbonyl (C=O) groups is 1. The number of hydrogen-bond acceptors (Lipinski definition) is 4. The number of piperidine rings is 1. The second-order valence-corrected chi connectivity index (χ2v) is 12.3. The van der Waals surface area contributed by atoms with E-state index >= 15 is 4.39 Å². The number of aromatic nitrogens is 2. The SMILES string of the molecule is CCc1cccc(CC)c1-n1c(C(C)(C)F)c(C(=O)N2CCCCC2)cc(-c2nc(-c3ccc(Cl)cc3)cs2)c1=O. The third-order valence-corrected chi connectivity index (χ3v) is 8.83. The lowest BCUT2D eigenvalue weighted by molar-refractivity contribution is 0.0714. The van der Waals surface area contributed by atoms with Crippen molar-refractivity contribution in [3.05, 3.63) is 91.7 Å². The van der Waals surface area contributed by atoms with Gasteiger partial charge >= 0.3 is 0 Å². The first-order valence-corrected chi connectivity index (χ1v) is 15.5. The normalized spacial score (nSPS) is 14.0. The van der Waals surface area contributed by atoms with Crippen LogP contribution in [0.15, 0.2) is 58.7 Å². The summed E-state index contributed by atoms with van der Waals surface area (Å²) in [6.07, 6.45) is 4.18. The van der Waals surface area contributed by atoms with Crippen molar-refractivity contribution in [3.8, 4) is 27.5 Å². The molecule has 1 amide bonds. The van der Waals surface area contributed by atoms with E-state index in [4.69, 9.17) is 16.6 Å². The summed E-state index contributed by atoms with van der Waals surface area (Å²) >= 11 is 7.41. The largest absolute Gasteiger partial charge is 0.339 e. The van der Waals surface area contributed by atoms with Crippen molar-refractivity contribution in [2.45, 2.75) is 65.5 Å². The van der Waals surface area contributed by atoms with Crippen molar-refractivity contribution in [1.29, 1.82) is 0 Å². The van der Waals surface area contributed by atoms with Crippen LogP contribution in [0.3, 0.4) is 0 Å². The first kappa shape index (κ1) is 29.2. The van der Waals surface area contributed by atoms with Crippen LogP contribution >= 0.6 is 22.9 Å². The van der Waals surface area contributed by atoms with Crippen LogP contribution < -0.4 is 5.56 Å². The van der Waals surface area contributed by atoms with E-state index in [1.54, 1.807) is 23.1 Å². The molecular formula is C33H35ClFN3O2S. The molecule has 2 aromatic heterocycles. The zero-order chi connectivity index (χ0) is 29.3. The van der Waals surface area contributed by atoms with Crippen LogP contribution in [0.4, 0.5) is 4.39 Å². The Bertz CT molecular complexity index is 1610. The Balaban J connectivity index is 1.83. The Kier molecular flexibility index (Phi) is 8.48. The predicted molar refractivity (Wildman–Crippen MR) is 166 cm³/mol. The molecule has 1 aliphatic rings. The molecule has 41 heavy (non-hydrogen) atoms. The molecule has 4 aromatic rings. The summed E-state index contributed by atoms with van der Waals surface area (Å²) in [6, 6.07) is 14.8. The van der Waals surface area contributed by atoms with Crippen molar-refractivity contribution in [2.24, 2.45) is 0 Å². The first-order chi connectivity index (χ1) is 19.6. The van der Waals surface area contributed by atoms with Gasteiger partial charge in [0, 0.05) is 29.1 Å². The van der Waals surface area contributed by atoms with Crippen LogP contribution in [-0.2, 0) is 18.5 Å². The molecular weight excluding hydrogens is 557 g/mol. The summed E-state index contributed by atoms with van der Waals surface area (Å²) in [5.74, 6) is -0.248. The number of rotatable bonds is 7. The molecule has 0 saturated carbocycles. The zero-order valence-corrected chi connectivity index (χ0v) is 25.5. The van der Waals surface area contributed by atoms with Gasteiger partial charge in [0.1, 0.15) is 10.7 Å². The minimum absolute atomic E-state index is 0.0897. The van der Waals surface area contributed by atoms with Gasteiger partial charge in [0.2, 0.25) is 0 Å². The number of thiazole rings is 1. The minimum atomic E-state index is -1.97. The molecule has 5 rings (SSSR count). The zero-order valence-electron chi connectivity index (χ0n) is 24.0. The predicted octanol–water partition coefficient (Wildman–Crippen LogP) is 8.24. The van der Waals surface area contributed by atoms with E-state index in [2.05, 4.69) is 0 Å². The maximum absolute atomic E-state index is 16.3. The lowest BCUT2D eigenvalue weighted by Gasteiger charge is -2.31. The number of para-hydroxylation sites is 1. The van der Waals surface area contributed by atoms with Crippen LogP contribution in [-0.4, -0.2) is 33.4 Å². The van der Waals surface area contributed by atoms with Gasteiger partial charge in [-0.3, -0.25) is 14.2 Å². The molecule has 1 saturated heterocycles. The molecule has 0 N–H and O–H groups in total. The number of amides is 1. The van der Waals surface area contributed by atoms with Gasteiger partial charge in [0.25, 0.3) is 11.5 Å². The van der Waals surface area contributed by atoms with E-state index in [0.717, 1.165) is 36.0 Å². The average Bonchev–Trinajstić information content (AvgIpc) is 3.46. The number of likely N-dealkylation sites (tertiary alicyclic amines) is 1. The maximum Gasteiger partial charge on any atom is 0.265 e. The van der Waals surface area contributed by atoms with Gasteiger partial charge < -0.3 is 4.90 Å². The molecule has 0 bridgehead atoms. The molecule has 0 radical (unpaired) electrons. The summed E-state index contributed by atoms with van der Waals surface area (Å²) in [5.41, 5.74) is 2.32.